The van der Waals surface area contributed by atoms with Gasteiger partial charge in [-0.1, -0.05) is 12.8 Å². The molecule has 0 bridgehead atoms. The first-order valence-electron chi connectivity index (χ1n) is 5.37. The SMILES string of the molecule is CN(C)S(=O)(=O)N[C@@H](CN)C1CCCC1. The summed E-state index contributed by atoms with van der Waals surface area (Å²) in [6.07, 6.45) is 4.53. The number of rotatable bonds is 5. The molecule has 5 nitrogen and oxygen atoms in total. The van der Waals surface area contributed by atoms with Gasteiger partial charge in [-0.15, -0.1) is 0 Å². The van der Waals surface area contributed by atoms with Crippen molar-refractivity contribution in [2.24, 2.45) is 11.7 Å². The lowest BCUT2D eigenvalue weighted by Gasteiger charge is -2.24. The maximum absolute atomic E-state index is 11.6. The van der Waals surface area contributed by atoms with E-state index in [-0.39, 0.29) is 6.04 Å². The maximum Gasteiger partial charge on any atom is 0.279 e. The standard InChI is InChI=1S/C9H21N3O2S/c1-12(2)15(13,14)11-9(7-10)8-5-3-4-6-8/h8-9,11H,3-7,10H2,1-2H3/t9-/m0/s1. The van der Waals surface area contributed by atoms with Gasteiger partial charge in [0.15, 0.2) is 0 Å². The first-order valence-corrected chi connectivity index (χ1v) is 6.81. The van der Waals surface area contributed by atoms with Crippen molar-refractivity contribution in [1.82, 2.24) is 9.03 Å². The minimum absolute atomic E-state index is 0.111. The van der Waals surface area contributed by atoms with Gasteiger partial charge in [0, 0.05) is 26.7 Å². The predicted molar refractivity (Wildman–Crippen MR) is 60.5 cm³/mol. The molecule has 1 aliphatic rings. The van der Waals surface area contributed by atoms with Crippen LogP contribution in [0.15, 0.2) is 0 Å². The fourth-order valence-electron chi connectivity index (χ4n) is 1.99. The predicted octanol–water partition coefficient (Wildman–Crippen LogP) is -0.100. The van der Waals surface area contributed by atoms with Crippen molar-refractivity contribution in [3.8, 4) is 0 Å². The Hall–Kier alpha value is -0.170. The molecule has 1 aliphatic carbocycles. The van der Waals surface area contributed by atoms with E-state index in [0.29, 0.717) is 12.5 Å². The van der Waals surface area contributed by atoms with E-state index < -0.39 is 10.2 Å². The van der Waals surface area contributed by atoms with Gasteiger partial charge in [0.05, 0.1) is 0 Å². The molecule has 1 atom stereocenters. The lowest BCUT2D eigenvalue weighted by Crippen LogP contribution is -2.48. The summed E-state index contributed by atoms with van der Waals surface area (Å²) in [5.74, 6) is 0.407. The van der Waals surface area contributed by atoms with Crippen LogP contribution in [0.1, 0.15) is 25.7 Å². The molecule has 1 rings (SSSR count). The number of hydrogen-bond acceptors (Lipinski definition) is 3. The summed E-state index contributed by atoms with van der Waals surface area (Å²) in [7, 11) is -0.307. The molecular weight excluding hydrogens is 214 g/mol. The minimum atomic E-state index is -3.34. The van der Waals surface area contributed by atoms with Gasteiger partial charge in [-0.2, -0.15) is 17.4 Å². The zero-order valence-electron chi connectivity index (χ0n) is 9.44. The van der Waals surface area contributed by atoms with Crippen molar-refractivity contribution in [2.45, 2.75) is 31.7 Å². The second kappa shape index (κ2) is 5.25. The van der Waals surface area contributed by atoms with Gasteiger partial charge in [-0.05, 0) is 18.8 Å². The smallest absolute Gasteiger partial charge is 0.279 e. The van der Waals surface area contributed by atoms with E-state index in [2.05, 4.69) is 4.72 Å². The first-order chi connectivity index (χ1) is 6.97. The molecule has 0 heterocycles. The molecule has 0 aromatic carbocycles. The van der Waals surface area contributed by atoms with Crippen LogP contribution in [0.4, 0.5) is 0 Å². The third-order valence-corrected chi connectivity index (χ3v) is 4.57. The summed E-state index contributed by atoms with van der Waals surface area (Å²) in [4.78, 5) is 0. The summed E-state index contributed by atoms with van der Waals surface area (Å²) < 4.78 is 27.1. The van der Waals surface area contributed by atoms with Gasteiger partial charge in [-0.25, -0.2) is 0 Å². The molecule has 3 N–H and O–H groups in total. The first kappa shape index (κ1) is 12.9. The number of nitrogens with zero attached hydrogens (tertiary/aromatic N) is 1. The Morgan fingerprint density at radius 3 is 2.33 bits per heavy atom. The summed E-state index contributed by atoms with van der Waals surface area (Å²) in [6, 6.07) is -0.111. The highest BCUT2D eigenvalue weighted by Gasteiger charge is 2.28. The maximum atomic E-state index is 11.6. The average Bonchev–Trinajstić information content (AvgIpc) is 2.66. The minimum Gasteiger partial charge on any atom is -0.329 e. The van der Waals surface area contributed by atoms with Gasteiger partial charge in [0.25, 0.3) is 10.2 Å². The van der Waals surface area contributed by atoms with E-state index in [9.17, 15) is 8.42 Å². The van der Waals surface area contributed by atoms with E-state index in [4.69, 9.17) is 5.73 Å². The van der Waals surface area contributed by atoms with Crippen molar-refractivity contribution in [2.75, 3.05) is 20.6 Å². The van der Waals surface area contributed by atoms with Crippen LogP contribution in [0.5, 0.6) is 0 Å². The van der Waals surface area contributed by atoms with Crippen LogP contribution in [0.2, 0.25) is 0 Å². The van der Waals surface area contributed by atoms with Crippen LogP contribution in [-0.4, -0.2) is 39.4 Å². The third kappa shape index (κ3) is 3.41. The molecule has 0 radical (unpaired) electrons. The zero-order chi connectivity index (χ0) is 11.5. The molecule has 0 aliphatic heterocycles. The fraction of sp³-hybridized carbons (Fsp3) is 1.00. The Morgan fingerprint density at radius 1 is 1.40 bits per heavy atom. The van der Waals surface area contributed by atoms with Crippen molar-refractivity contribution in [3.63, 3.8) is 0 Å². The van der Waals surface area contributed by atoms with Crippen molar-refractivity contribution in [1.29, 1.82) is 0 Å². The normalized spacial score (nSPS) is 21.1. The number of nitrogens with one attached hydrogen (secondary N) is 1. The largest absolute Gasteiger partial charge is 0.329 e. The van der Waals surface area contributed by atoms with Crippen LogP contribution in [0.3, 0.4) is 0 Å². The molecule has 0 aromatic heterocycles. The summed E-state index contributed by atoms with van der Waals surface area (Å²) in [5, 5.41) is 0. The molecule has 0 amide bonds. The Balaban J connectivity index is 2.60. The summed E-state index contributed by atoms with van der Waals surface area (Å²) in [6.45, 7) is 0.373. The van der Waals surface area contributed by atoms with Crippen LogP contribution in [0.25, 0.3) is 0 Å². The summed E-state index contributed by atoms with van der Waals surface area (Å²) in [5.41, 5.74) is 5.61. The summed E-state index contributed by atoms with van der Waals surface area (Å²) >= 11 is 0. The molecule has 0 unspecified atom stereocenters. The van der Waals surface area contributed by atoms with Gasteiger partial charge in [0.2, 0.25) is 0 Å². The zero-order valence-corrected chi connectivity index (χ0v) is 10.3. The van der Waals surface area contributed by atoms with E-state index in [0.717, 1.165) is 12.8 Å². The van der Waals surface area contributed by atoms with Gasteiger partial charge < -0.3 is 5.73 Å². The Bertz CT molecular complexity index is 284. The van der Waals surface area contributed by atoms with E-state index >= 15 is 0 Å². The average molecular weight is 235 g/mol. The lowest BCUT2D eigenvalue weighted by molar-refractivity contribution is 0.393. The van der Waals surface area contributed by atoms with Crippen molar-refractivity contribution in [3.05, 3.63) is 0 Å². The monoisotopic (exact) mass is 235 g/mol. The topological polar surface area (TPSA) is 75.4 Å². The van der Waals surface area contributed by atoms with E-state index in [1.54, 1.807) is 0 Å². The molecular formula is C9H21N3O2S. The highest BCUT2D eigenvalue weighted by molar-refractivity contribution is 7.87. The lowest BCUT2D eigenvalue weighted by atomic mass is 9.99. The van der Waals surface area contributed by atoms with Crippen LogP contribution in [0, 0.1) is 5.92 Å². The Morgan fingerprint density at radius 2 is 1.93 bits per heavy atom. The van der Waals surface area contributed by atoms with Gasteiger partial charge >= 0.3 is 0 Å². The highest BCUT2D eigenvalue weighted by Crippen LogP contribution is 2.27. The van der Waals surface area contributed by atoms with Crippen LogP contribution < -0.4 is 10.5 Å². The van der Waals surface area contributed by atoms with Gasteiger partial charge in [0.1, 0.15) is 0 Å². The van der Waals surface area contributed by atoms with Crippen LogP contribution >= 0.6 is 0 Å². The molecule has 0 saturated heterocycles. The molecule has 1 saturated carbocycles. The third-order valence-electron chi connectivity index (χ3n) is 3.00. The fourth-order valence-corrected chi connectivity index (χ4v) is 2.88. The molecule has 6 heteroatoms. The second-order valence-electron chi connectivity index (χ2n) is 4.29. The van der Waals surface area contributed by atoms with E-state index in [1.807, 2.05) is 0 Å². The molecule has 0 spiro atoms. The molecule has 90 valence electrons. The number of nitrogens with two attached hydrogens (primary N) is 1. The Kier molecular flexibility index (Phi) is 4.51. The van der Waals surface area contributed by atoms with Crippen LogP contribution in [-0.2, 0) is 10.2 Å². The Labute approximate surface area is 92.2 Å². The quantitative estimate of drug-likeness (QED) is 0.698. The van der Waals surface area contributed by atoms with Gasteiger partial charge in [-0.3, -0.25) is 0 Å². The van der Waals surface area contributed by atoms with E-state index in [1.165, 1.54) is 31.2 Å². The molecule has 15 heavy (non-hydrogen) atoms. The van der Waals surface area contributed by atoms with Crippen molar-refractivity contribution < 1.29 is 8.42 Å². The number of hydrogen-bond donors (Lipinski definition) is 2. The second-order valence-corrected chi connectivity index (χ2v) is 6.21. The van der Waals surface area contributed by atoms with Crippen molar-refractivity contribution >= 4 is 10.2 Å². The highest BCUT2D eigenvalue weighted by atomic mass is 32.2. The molecule has 0 aromatic rings. The molecule has 1 fully saturated rings.